The third kappa shape index (κ3) is 2.90. The number of benzene rings is 1. The van der Waals surface area contributed by atoms with Gasteiger partial charge in [-0.15, -0.1) is 0 Å². The molecule has 0 unspecified atom stereocenters. The number of amides is 1. The summed E-state index contributed by atoms with van der Waals surface area (Å²) in [6.45, 7) is 4.15. The molecule has 1 aromatic rings. The van der Waals surface area contributed by atoms with Crippen LogP contribution in [0.15, 0.2) is 24.3 Å². The molecule has 2 aliphatic heterocycles. The first-order valence-corrected chi connectivity index (χ1v) is 8.35. The Labute approximate surface area is 132 Å². The molecule has 0 saturated carbocycles. The number of rotatable bonds is 2. The van der Waals surface area contributed by atoms with Crippen LogP contribution in [0.25, 0.3) is 0 Å². The monoisotopic (exact) mass is 303 g/mol. The van der Waals surface area contributed by atoms with Crippen LogP contribution < -0.4 is 0 Å². The first-order chi connectivity index (χ1) is 10.6. The second-order valence-electron chi connectivity index (χ2n) is 6.41. The first kappa shape index (κ1) is 15.5. The maximum atomic E-state index is 12.6. The van der Waals surface area contributed by atoms with Crippen LogP contribution in [0.4, 0.5) is 0 Å². The van der Waals surface area contributed by atoms with E-state index in [1.807, 2.05) is 29.2 Å². The van der Waals surface area contributed by atoms with Crippen molar-refractivity contribution in [3.63, 3.8) is 0 Å². The van der Waals surface area contributed by atoms with Crippen molar-refractivity contribution in [2.24, 2.45) is 0 Å². The van der Waals surface area contributed by atoms with E-state index in [0.29, 0.717) is 13.1 Å². The van der Waals surface area contributed by atoms with Crippen LogP contribution in [0, 0.1) is 0 Å². The fourth-order valence-electron chi connectivity index (χ4n) is 3.54. The second kappa shape index (κ2) is 6.39. The van der Waals surface area contributed by atoms with E-state index in [4.69, 9.17) is 4.74 Å². The average Bonchev–Trinajstić information content (AvgIpc) is 2.58. The number of hydrogen-bond acceptors (Lipinski definition) is 3. The minimum absolute atomic E-state index is 0.0859. The van der Waals surface area contributed by atoms with Gasteiger partial charge in [0.2, 0.25) is 0 Å². The average molecular weight is 303 g/mol. The van der Waals surface area contributed by atoms with E-state index >= 15 is 0 Å². The number of likely N-dealkylation sites (tertiary alicyclic amines) is 1. The van der Waals surface area contributed by atoms with Gasteiger partial charge >= 0.3 is 0 Å². The molecule has 2 saturated heterocycles. The molecule has 3 rings (SSSR count). The lowest BCUT2D eigenvalue weighted by atomic mass is 9.82. The fourth-order valence-corrected chi connectivity index (χ4v) is 3.54. The molecule has 1 amide bonds. The first-order valence-electron chi connectivity index (χ1n) is 8.35. The smallest absolute Gasteiger partial charge is 0.253 e. The summed E-state index contributed by atoms with van der Waals surface area (Å²) in [6.07, 6.45) is 3.79. The molecule has 22 heavy (non-hydrogen) atoms. The molecular weight excluding hydrogens is 278 g/mol. The third-order valence-corrected chi connectivity index (χ3v) is 5.12. The van der Waals surface area contributed by atoms with Gasteiger partial charge in [0.05, 0.1) is 11.7 Å². The van der Waals surface area contributed by atoms with Crippen LogP contribution >= 0.6 is 0 Å². The van der Waals surface area contributed by atoms with Gasteiger partial charge in [0.25, 0.3) is 5.91 Å². The largest absolute Gasteiger partial charge is 0.390 e. The van der Waals surface area contributed by atoms with Crippen LogP contribution in [0.3, 0.4) is 0 Å². The zero-order valence-corrected chi connectivity index (χ0v) is 13.3. The van der Waals surface area contributed by atoms with Crippen molar-refractivity contribution < 1.29 is 14.6 Å². The molecule has 0 aromatic heterocycles. The van der Waals surface area contributed by atoms with Crippen LogP contribution in [0.5, 0.6) is 0 Å². The predicted octanol–water partition coefficient (Wildman–Crippen LogP) is 2.40. The Morgan fingerprint density at radius 2 is 2.00 bits per heavy atom. The molecular formula is C18H25NO3. The van der Waals surface area contributed by atoms with Crippen molar-refractivity contribution in [1.29, 1.82) is 0 Å². The van der Waals surface area contributed by atoms with Crippen molar-refractivity contribution >= 4 is 5.91 Å². The highest BCUT2D eigenvalue weighted by Gasteiger charge is 2.44. The van der Waals surface area contributed by atoms with Gasteiger partial charge in [0, 0.05) is 25.3 Å². The van der Waals surface area contributed by atoms with Gasteiger partial charge in [-0.1, -0.05) is 19.1 Å². The zero-order chi connectivity index (χ0) is 15.6. The molecule has 0 aliphatic carbocycles. The fraction of sp³-hybridized carbons (Fsp3) is 0.611. The molecule has 1 aromatic carbocycles. The van der Waals surface area contributed by atoms with Gasteiger partial charge in [-0.3, -0.25) is 4.79 Å². The van der Waals surface area contributed by atoms with Crippen molar-refractivity contribution in [2.45, 2.75) is 50.7 Å². The molecule has 1 N–H and O–H groups in total. The maximum Gasteiger partial charge on any atom is 0.253 e. The lowest BCUT2D eigenvalue weighted by Gasteiger charge is -2.46. The van der Waals surface area contributed by atoms with Crippen LogP contribution in [0.1, 0.15) is 48.5 Å². The predicted molar refractivity (Wildman–Crippen MR) is 84.9 cm³/mol. The summed E-state index contributed by atoms with van der Waals surface area (Å²) in [5.74, 6) is 0.0859. The molecule has 120 valence electrons. The summed E-state index contributed by atoms with van der Waals surface area (Å²) in [5.41, 5.74) is 1.58. The molecule has 4 nitrogen and oxygen atoms in total. The normalized spacial score (nSPS) is 24.5. The molecule has 2 fully saturated rings. The lowest BCUT2D eigenvalue weighted by molar-refractivity contribution is -0.174. The standard InChI is InChI=1S/C18H25NO3/c1-2-14-5-7-15(8-6-14)17(21)19-11-9-18(10-12-19)16(20)4-3-13-22-18/h5-8,16,20H,2-4,9-13H2,1H3/t16-/m0/s1. The Bertz CT molecular complexity index is 518. The van der Waals surface area contributed by atoms with E-state index < -0.39 is 5.60 Å². The zero-order valence-electron chi connectivity index (χ0n) is 13.3. The molecule has 1 atom stereocenters. The Hall–Kier alpha value is -1.39. The molecule has 4 heteroatoms. The Balaban J connectivity index is 1.64. The number of hydrogen-bond donors (Lipinski definition) is 1. The third-order valence-electron chi connectivity index (χ3n) is 5.12. The maximum absolute atomic E-state index is 12.6. The van der Waals surface area contributed by atoms with Crippen molar-refractivity contribution in [3.8, 4) is 0 Å². The SMILES string of the molecule is CCc1ccc(C(=O)N2CCC3(CC2)OCCC[C@@H]3O)cc1. The summed E-state index contributed by atoms with van der Waals surface area (Å²) < 4.78 is 5.89. The minimum Gasteiger partial charge on any atom is -0.390 e. The number of aryl methyl sites for hydroxylation is 1. The van der Waals surface area contributed by atoms with Gasteiger partial charge in [-0.2, -0.15) is 0 Å². The van der Waals surface area contributed by atoms with Gasteiger partial charge in [-0.05, 0) is 49.8 Å². The van der Waals surface area contributed by atoms with Crippen molar-refractivity contribution in [2.75, 3.05) is 19.7 Å². The van der Waals surface area contributed by atoms with E-state index in [1.54, 1.807) is 0 Å². The summed E-state index contributed by atoms with van der Waals surface area (Å²) in [6, 6.07) is 7.87. The summed E-state index contributed by atoms with van der Waals surface area (Å²) in [7, 11) is 0. The number of carbonyl (C=O) groups is 1. The van der Waals surface area contributed by atoms with Crippen LogP contribution in [0.2, 0.25) is 0 Å². The van der Waals surface area contributed by atoms with Gasteiger partial charge in [0.15, 0.2) is 0 Å². The molecule has 0 radical (unpaired) electrons. The lowest BCUT2D eigenvalue weighted by Crippen LogP contribution is -2.56. The second-order valence-corrected chi connectivity index (χ2v) is 6.41. The van der Waals surface area contributed by atoms with E-state index in [9.17, 15) is 9.90 Å². The quantitative estimate of drug-likeness (QED) is 0.912. The van der Waals surface area contributed by atoms with Crippen LogP contribution in [-0.2, 0) is 11.2 Å². The molecule has 1 spiro atoms. The van der Waals surface area contributed by atoms with Crippen molar-refractivity contribution in [1.82, 2.24) is 4.90 Å². The molecule has 0 bridgehead atoms. The Morgan fingerprint density at radius 1 is 1.32 bits per heavy atom. The Kier molecular flexibility index (Phi) is 4.50. The van der Waals surface area contributed by atoms with Gasteiger partial charge in [-0.25, -0.2) is 0 Å². The van der Waals surface area contributed by atoms with Crippen molar-refractivity contribution in [3.05, 3.63) is 35.4 Å². The van der Waals surface area contributed by atoms with E-state index in [-0.39, 0.29) is 12.0 Å². The highest BCUT2D eigenvalue weighted by molar-refractivity contribution is 5.94. The number of piperidine rings is 1. The van der Waals surface area contributed by atoms with E-state index in [2.05, 4.69) is 6.92 Å². The highest BCUT2D eigenvalue weighted by atomic mass is 16.5. The minimum atomic E-state index is -0.416. The molecule has 2 aliphatic rings. The number of nitrogens with zero attached hydrogens (tertiary/aromatic N) is 1. The van der Waals surface area contributed by atoms with Gasteiger partial charge in [0.1, 0.15) is 0 Å². The summed E-state index contributed by atoms with van der Waals surface area (Å²) in [4.78, 5) is 14.5. The number of ether oxygens (including phenoxy) is 1. The van der Waals surface area contributed by atoms with E-state index in [1.165, 1.54) is 5.56 Å². The number of carbonyl (C=O) groups excluding carboxylic acids is 1. The number of aliphatic hydroxyl groups excluding tert-OH is 1. The van der Waals surface area contributed by atoms with E-state index in [0.717, 1.165) is 44.3 Å². The summed E-state index contributed by atoms with van der Waals surface area (Å²) >= 11 is 0. The Morgan fingerprint density at radius 3 is 2.59 bits per heavy atom. The van der Waals surface area contributed by atoms with Gasteiger partial charge < -0.3 is 14.7 Å². The number of aliphatic hydroxyl groups is 1. The van der Waals surface area contributed by atoms with Crippen LogP contribution in [-0.4, -0.2) is 47.3 Å². The topological polar surface area (TPSA) is 49.8 Å². The molecule has 2 heterocycles. The highest BCUT2D eigenvalue weighted by Crippen LogP contribution is 2.35. The summed E-state index contributed by atoms with van der Waals surface area (Å²) in [5, 5.41) is 10.3.